The van der Waals surface area contributed by atoms with Crippen molar-refractivity contribution in [3.8, 4) is 0 Å². The number of hydrogen-bond donors (Lipinski definition) is 3. The standard InChI is InChI=1S/C21H25FN4O3/c1-10-15(25-5-2-11(8-25)21(24)3-4-21)7-14(23)17-18(10)26(16-6-13(16)22)9-12(19(17)27)20(28)29/h7,9,11,13,16H,2-6,8,23-24H2,1H3,(H,28,29)/t11-,13-,16-/m1/s1. The van der Waals surface area contributed by atoms with E-state index >= 15 is 0 Å². The largest absolute Gasteiger partial charge is 0.477 e. The summed E-state index contributed by atoms with van der Waals surface area (Å²) in [7, 11) is 0. The van der Waals surface area contributed by atoms with Gasteiger partial charge in [-0.1, -0.05) is 0 Å². The summed E-state index contributed by atoms with van der Waals surface area (Å²) in [5.41, 5.74) is 14.1. The van der Waals surface area contributed by atoms with Gasteiger partial charge in [-0.3, -0.25) is 4.79 Å². The van der Waals surface area contributed by atoms with Gasteiger partial charge < -0.3 is 26.0 Å². The zero-order valence-corrected chi connectivity index (χ0v) is 16.3. The van der Waals surface area contributed by atoms with Crippen LogP contribution in [0, 0.1) is 12.8 Å². The Morgan fingerprint density at radius 2 is 2.07 bits per heavy atom. The number of aromatic nitrogens is 1. The first-order chi connectivity index (χ1) is 13.7. The number of aryl methyl sites for hydroxylation is 1. The maximum absolute atomic E-state index is 13.9. The number of aromatic carboxylic acids is 1. The van der Waals surface area contributed by atoms with Gasteiger partial charge >= 0.3 is 5.97 Å². The Bertz CT molecular complexity index is 1110. The lowest BCUT2D eigenvalue weighted by molar-refractivity contribution is 0.0694. The molecule has 8 heteroatoms. The summed E-state index contributed by atoms with van der Waals surface area (Å²) in [6, 6.07) is 1.29. The number of halogens is 1. The minimum Gasteiger partial charge on any atom is -0.477 e. The minimum atomic E-state index is -1.33. The molecule has 1 aromatic carbocycles. The minimum absolute atomic E-state index is 0.0566. The van der Waals surface area contributed by atoms with E-state index in [1.807, 2.05) is 6.92 Å². The van der Waals surface area contributed by atoms with Crippen LogP contribution in [-0.2, 0) is 0 Å². The molecule has 5 rings (SSSR count). The van der Waals surface area contributed by atoms with Crippen molar-refractivity contribution in [2.45, 2.75) is 50.4 Å². The molecule has 1 aromatic heterocycles. The molecule has 3 aliphatic rings. The predicted molar refractivity (Wildman–Crippen MR) is 109 cm³/mol. The number of carbonyl (C=O) groups is 1. The zero-order valence-electron chi connectivity index (χ0n) is 16.3. The van der Waals surface area contributed by atoms with Crippen LogP contribution in [0.3, 0.4) is 0 Å². The number of carboxylic acids is 1. The van der Waals surface area contributed by atoms with E-state index in [9.17, 15) is 19.1 Å². The van der Waals surface area contributed by atoms with Crippen molar-refractivity contribution < 1.29 is 14.3 Å². The molecule has 0 spiro atoms. The third kappa shape index (κ3) is 2.73. The molecule has 0 radical (unpaired) electrons. The van der Waals surface area contributed by atoms with E-state index in [1.165, 1.54) is 6.20 Å². The Morgan fingerprint density at radius 3 is 2.66 bits per heavy atom. The lowest BCUT2D eigenvalue weighted by Gasteiger charge is -2.25. The Morgan fingerprint density at radius 1 is 1.38 bits per heavy atom. The lowest BCUT2D eigenvalue weighted by atomic mass is 9.97. The smallest absolute Gasteiger partial charge is 0.341 e. The first-order valence-electron chi connectivity index (χ1n) is 10.1. The highest BCUT2D eigenvalue weighted by atomic mass is 19.1. The normalized spacial score (nSPS) is 27.4. The summed E-state index contributed by atoms with van der Waals surface area (Å²) in [5.74, 6) is -0.906. The van der Waals surface area contributed by atoms with E-state index in [0.29, 0.717) is 17.9 Å². The molecule has 3 fully saturated rings. The van der Waals surface area contributed by atoms with E-state index in [1.54, 1.807) is 10.6 Å². The van der Waals surface area contributed by atoms with Gasteiger partial charge in [0, 0.05) is 42.6 Å². The van der Waals surface area contributed by atoms with Crippen molar-refractivity contribution in [3.05, 3.63) is 33.6 Å². The lowest BCUT2D eigenvalue weighted by Crippen LogP contribution is -2.34. The van der Waals surface area contributed by atoms with Crippen molar-refractivity contribution in [1.82, 2.24) is 4.57 Å². The molecule has 5 N–H and O–H groups in total. The van der Waals surface area contributed by atoms with Crippen LogP contribution < -0.4 is 21.8 Å². The number of alkyl halides is 1. The second-order valence-corrected chi connectivity index (χ2v) is 8.90. The molecule has 2 heterocycles. The summed E-state index contributed by atoms with van der Waals surface area (Å²) in [4.78, 5) is 26.7. The Kier molecular flexibility index (Phi) is 3.78. The first-order valence-corrected chi connectivity index (χ1v) is 10.1. The molecule has 0 unspecified atom stereocenters. The molecule has 1 saturated heterocycles. The van der Waals surface area contributed by atoms with Gasteiger partial charge in [0.1, 0.15) is 11.7 Å². The van der Waals surface area contributed by atoms with Crippen molar-refractivity contribution in [1.29, 1.82) is 0 Å². The number of anilines is 2. The zero-order chi connectivity index (χ0) is 20.7. The topological polar surface area (TPSA) is 115 Å². The van der Waals surface area contributed by atoms with Crippen LogP contribution in [0.1, 0.15) is 47.6 Å². The van der Waals surface area contributed by atoms with Crippen LogP contribution in [0.2, 0.25) is 0 Å². The van der Waals surface area contributed by atoms with Crippen LogP contribution in [0.25, 0.3) is 10.9 Å². The summed E-state index contributed by atoms with van der Waals surface area (Å²) >= 11 is 0. The number of nitrogens with zero attached hydrogens (tertiary/aromatic N) is 2. The van der Waals surface area contributed by atoms with E-state index in [0.717, 1.165) is 43.6 Å². The van der Waals surface area contributed by atoms with Crippen molar-refractivity contribution in [2.75, 3.05) is 23.7 Å². The van der Waals surface area contributed by atoms with Crippen LogP contribution >= 0.6 is 0 Å². The first kappa shape index (κ1) is 18.4. The third-order valence-electron chi connectivity index (χ3n) is 6.99. The van der Waals surface area contributed by atoms with E-state index < -0.39 is 23.6 Å². The number of hydrogen-bond acceptors (Lipinski definition) is 5. The number of carboxylic acid groups (broad SMARTS) is 1. The molecule has 7 nitrogen and oxygen atoms in total. The second-order valence-electron chi connectivity index (χ2n) is 8.90. The highest BCUT2D eigenvalue weighted by molar-refractivity contribution is 6.01. The predicted octanol–water partition coefficient (Wildman–Crippen LogP) is 2.19. The monoisotopic (exact) mass is 400 g/mol. The van der Waals surface area contributed by atoms with Crippen LogP contribution in [-0.4, -0.2) is 40.4 Å². The molecule has 0 amide bonds. The van der Waals surface area contributed by atoms with E-state index in [4.69, 9.17) is 11.5 Å². The van der Waals surface area contributed by atoms with Crippen LogP contribution in [0.15, 0.2) is 17.1 Å². The summed E-state index contributed by atoms with van der Waals surface area (Å²) < 4.78 is 15.6. The fourth-order valence-corrected chi connectivity index (χ4v) is 4.91. The van der Waals surface area contributed by atoms with Crippen molar-refractivity contribution in [2.24, 2.45) is 11.7 Å². The van der Waals surface area contributed by atoms with E-state index in [-0.39, 0.29) is 22.2 Å². The molecular weight excluding hydrogens is 375 g/mol. The summed E-state index contributed by atoms with van der Waals surface area (Å²) in [6.07, 6.45) is 3.66. The van der Waals surface area contributed by atoms with Gasteiger partial charge in [0.2, 0.25) is 5.43 Å². The molecule has 2 saturated carbocycles. The number of benzene rings is 1. The molecular formula is C21H25FN4O3. The van der Waals surface area contributed by atoms with Crippen LogP contribution in [0.4, 0.5) is 15.8 Å². The van der Waals surface area contributed by atoms with Crippen LogP contribution in [0.5, 0.6) is 0 Å². The summed E-state index contributed by atoms with van der Waals surface area (Å²) in [6.45, 7) is 3.57. The van der Waals surface area contributed by atoms with Gasteiger partial charge in [0.15, 0.2) is 0 Å². The number of fused-ring (bicyclic) bond motifs is 1. The molecule has 0 bridgehead atoms. The van der Waals surface area contributed by atoms with Crippen molar-refractivity contribution in [3.63, 3.8) is 0 Å². The van der Waals surface area contributed by atoms with Gasteiger partial charge in [-0.25, -0.2) is 9.18 Å². The van der Waals surface area contributed by atoms with Gasteiger partial charge in [-0.15, -0.1) is 0 Å². The molecule has 29 heavy (non-hydrogen) atoms. The van der Waals surface area contributed by atoms with Gasteiger partial charge in [-0.05, 0) is 43.7 Å². The fourth-order valence-electron chi connectivity index (χ4n) is 4.91. The quantitative estimate of drug-likeness (QED) is 0.678. The molecule has 1 aliphatic heterocycles. The Hall–Kier alpha value is -2.61. The number of pyridine rings is 1. The van der Waals surface area contributed by atoms with Crippen molar-refractivity contribution >= 4 is 28.2 Å². The highest BCUT2D eigenvalue weighted by Crippen LogP contribution is 2.46. The molecule has 2 aromatic rings. The molecule has 154 valence electrons. The van der Waals surface area contributed by atoms with Gasteiger partial charge in [-0.2, -0.15) is 0 Å². The number of nitrogens with two attached hydrogens (primary N) is 2. The number of nitrogen functional groups attached to an aromatic ring is 1. The fraction of sp³-hybridized carbons (Fsp3) is 0.524. The SMILES string of the molecule is Cc1c(N2CC[C@@H](C3(N)CC3)C2)cc(N)c2c(=O)c(C(=O)O)cn([C@@H]3C[C@H]3F)c12. The summed E-state index contributed by atoms with van der Waals surface area (Å²) in [5, 5.41) is 9.61. The Balaban J connectivity index is 1.68. The average molecular weight is 400 g/mol. The third-order valence-corrected chi connectivity index (χ3v) is 6.99. The highest BCUT2D eigenvalue weighted by Gasteiger charge is 2.48. The maximum Gasteiger partial charge on any atom is 0.341 e. The molecule has 3 atom stereocenters. The van der Waals surface area contributed by atoms with Gasteiger partial charge in [0.25, 0.3) is 0 Å². The second kappa shape index (κ2) is 5.95. The maximum atomic E-state index is 13.9. The van der Waals surface area contributed by atoms with E-state index in [2.05, 4.69) is 4.90 Å². The average Bonchev–Trinajstić information content (AvgIpc) is 3.53. The van der Waals surface area contributed by atoms with Gasteiger partial charge in [0.05, 0.1) is 16.9 Å². The molecule has 2 aliphatic carbocycles. The number of rotatable bonds is 4. The Labute approximate surface area is 167 Å².